The summed E-state index contributed by atoms with van der Waals surface area (Å²) in [5.74, 6) is 0.921. The van der Waals surface area contributed by atoms with Crippen LogP contribution in [-0.2, 0) is 0 Å². The topological polar surface area (TPSA) is 42.3 Å². The molecule has 2 aliphatic rings. The van der Waals surface area contributed by atoms with Crippen molar-refractivity contribution in [2.45, 2.75) is 57.7 Å². The normalized spacial score (nSPS) is 19.7. The van der Waals surface area contributed by atoms with Gasteiger partial charge in [0, 0.05) is 33.4 Å². The molecule has 1 N–H and O–H groups in total. The lowest BCUT2D eigenvalue weighted by atomic mass is 9.96. The molecule has 4 aromatic rings. The van der Waals surface area contributed by atoms with Crippen LogP contribution in [0.25, 0.3) is 5.69 Å². The molecule has 2 aromatic carbocycles. The van der Waals surface area contributed by atoms with Gasteiger partial charge in [-0.15, -0.1) is 0 Å². The third-order valence-electron chi connectivity index (χ3n) is 7.67. The van der Waals surface area contributed by atoms with Crippen molar-refractivity contribution in [3.8, 4) is 11.4 Å². The number of thiocarbonyl (C=S) groups is 1. The maximum absolute atomic E-state index is 6.23. The Morgan fingerprint density at radius 2 is 1.74 bits per heavy atom. The molecular weight excluding hydrogens is 556 g/mol. The predicted molar refractivity (Wildman–Crippen MR) is 160 cm³/mol. The molecule has 1 saturated carbocycles. The molecule has 2 fully saturated rings. The van der Waals surface area contributed by atoms with E-state index in [0.29, 0.717) is 11.2 Å². The van der Waals surface area contributed by atoms with Crippen molar-refractivity contribution in [3.63, 3.8) is 0 Å². The Morgan fingerprint density at radius 3 is 2.45 bits per heavy atom. The fourth-order valence-electron chi connectivity index (χ4n) is 5.93. The smallest absolute Gasteiger partial charge is 0.174 e. The van der Waals surface area contributed by atoms with E-state index in [4.69, 9.17) is 21.9 Å². The molecule has 1 aliphatic heterocycles. The van der Waals surface area contributed by atoms with E-state index in [2.05, 4.69) is 105 Å². The van der Waals surface area contributed by atoms with Gasteiger partial charge in [-0.3, -0.25) is 4.98 Å². The molecule has 3 heterocycles. The minimum atomic E-state index is -0.0884. The van der Waals surface area contributed by atoms with E-state index in [-0.39, 0.29) is 12.1 Å². The molecule has 0 bridgehead atoms. The fraction of sp³-hybridized carbons (Fsp3) is 0.290. The summed E-state index contributed by atoms with van der Waals surface area (Å²) in [7, 11) is 0. The first kappa shape index (κ1) is 25.1. The van der Waals surface area contributed by atoms with Crippen LogP contribution in [0.5, 0.6) is 5.75 Å². The zero-order valence-corrected chi connectivity index (χ0v) is 24.0. The molecule has 194 valence electrons. The molecule has 5 nitrogen and oxygen atoms in total. The highest BCUT2D eigenvalue weighted by Gasteiger charge is 2.42. The Morgan fingerprint density at radius 1 is 0.947 bits per heavy atom. The Bertz CT molecular complexity index is 1450. The van der Waals surface area contributed by atoms with E-state index < -0.39 is 0 Å². The number of nitrogens with zero attached hydrogens (tertiary/aromatic N) is 3. The third-order valence-corrected chi connectivity index (χ3v) is 8.48. The second-order valence-corrected chi connectivity index (χ2v) is 11.5. The molecule has 2 aromatic heterocycles. The van der Waals surface area contributed by atoms with Crippen molar-refractivity contribution in [3.05, 3.63) is 106 Å². The van der Waals surface area contributed by atoms with Gasteiger partial charge >= 0.3 is 0 Å². The van der Waals surface area contributed by atoms with Crippen LogP contribution in [-0.4, -0.2) is 20.8 Å². The number of ether oxygens (including phenoxy) is 1. The van der Waals surface area contributed by atoms with Gasteiger partial charge in [0.25, 0.3) is 0 Å². The maximum Gasteiger partial charge on any atom is 0.174 e. The molecule has 7 heteroatoms. The fourth-order valence-corrected chi connectivity index (χ4v) is 6.67. The molecule has 1 aliphatic carbocycles. The van der Waals surface area contributed by atoms with Crippen molar-refractivity contribution in [1.29, 1.82) is 0 Å². The second-order valence-electron chi connectivity index (χ2n) is 10.2. The van der Waals surface area contributed by atoms with E-state index in [1.165, 1.54) is 29.8 Å². The number of anilines is 1. The van der Waals surface area contributed by atoms with Crippen molar-refractivity contribution >= 4 is 38.9 Å². The Labute approximate surface area is 238 Å². The quantitative estimate of drug-likeness (QED) is 0.234. The molecule has 0 spiro atoms. The number of nitrogens with one attached hydrogen (secondary N) is 1. The second kappa shape index (κ2) is 10.5. The van der Waals surface area contributed by atoms with E-state index in [1.807, 2.05) is 18.3 Å². The molecule has 0 unspecified atom stereocenters. The average Bonchev–Trinajstić information content (AvgIpc) is 3.63. The number of hydrogen-bond acceptors (Lipinski definition) is 3. The summed E-state index contributed by atoms with van der Waals surface area (Å²) in [5, 5.41) is 4.29. The van der Waals surface area contributed by atoms with Gasteiger partial charge in [-0.05, 0) is 118 Å². The Hall–Kier alpha value is -3.16. The van der Waals surface area contributed by atoms with Gasteiger partial charge < -0.3 is 19.5 Å². The summed E-state index contributed by atoms with van der Waals surface area (Å²) in [6.45, 7) is 4.35. The minimum absolute atomic E-state index is 0.0638. The van der Waals surface area contributed by atoms with Gasteiger partial charge in [-0.25, -0.2) is 0 Å². The predicted octanol–water partition coefficient (Wildman–Crippen LogP) is 7.75. The molecular formula is C31H31BrN4OS. The SMILES string of the molecule is Cc1cc([C@H]2[C@H](c3ccccn3)NC(=S)N2c2ccc(OC3CCCC3)cc2)c(C)n1-c1cccc(Br)c1. The number of aryl methyl sites for hydroxylation is 1. The summed E-state index contributed by atoms with van der Waals surface area (Å²) < 4.78 is 9.60. The highest BCUT2D eigenvalue weighted by Crippen LogP contribution is 2.44. The molecule has 0 radical (unpaired) electrons. The van der Waals surface area contributed by atoms with Gasteiger partial charge in [0.05, 0.1) is 23.9 Å². The summed E-state index contributed by atoms with van der Waals surface area (Å²) in [5.41, 5.74) is 6.71. The first-order chi connectivity index (χ1) is 18.5. The van der Waals surface area contributed by atoms with E-state index in [0.717, 1.165) is 40.1 Å². The van der Waals surface area contributed by atoms with Gasteiger partial charge in [0.15, 0.2) is 5.11 Å². The van der Waals surface area contributed by atoms with Crippen molar-refractivity contribution in [2.24, 2.45) is 0 Å². The van der Waals surface area contributed by atoms with Crippen LogP contribution in [0.15, 0.2) is 83.5 Å². The average molecular weight is 588 g/mol. The standard InChI is InChI=1S/C31H31BrN4OS/c1-20-18-27(21(2)35(20)24-9-7-8-22(32)19-24)30-29(28-12-5-6-17-33-28)34-31(38)36(30)23-13-15-26(16-14-23)37-25-10-3-4-11-25/h5-9,12-19,25,29-30H,3-4,10-11H2,1-2H3,(H,34,38)/t29-,30-/m0/s1. The number of pyridine rings is 1. The molecule has 6 rings (SSSR count). The first-order valence-corrected chi connectivity index (χ1v) is 14.4. The Balaban J connectivity index is 1.41. The minimum Gasteiger partial charge on any atom is -0.490 e. The lowest BCUT2D eigenvalue weighted by Crippen LogP contribution is -2.29. The maximum atomic E-state index is 6.23. The van der Waals surface area contributed by atoms with Crippen molar-refractivity contribution in [1.82, 2.24) is 14.9 Å². The van der Waals surface area contributed by atoms with Crippen LogP contribution in [0.4, 0.5) is 5.69 Å². The van der Waals surface area contributed by atoms with Crippen LogP contribution >= 0.6 is 28.1 Å². The van der Waals surface area contributed by atoms with E-state index >= 15 is 0 Å². The number of hydrogen-bond donors (Lipinski definition) is 1. The van der Waals surface area contributed by atoms with Gasteiger partial charge in [0.2, 0.25) is 0 Å². The van der Waals surface area contributed by atoms with Gasteiger partial charge in [0.1, 0.15) is 5.75 Å². The highest BCUT2D eigenvalue weighted by molar-refractivity contribution is 9.10. The molecule has 38 heavy (non-hydrogen) atoms. The Kier molecular flexibility index (Phi) is 6.97. The monoisotopic (exact) mass is 586 g/mol. The number of benzene rings is 2. The summed E-state index contributed by atoms with van der Waals surface area (Å²) >= 11 is 9.60. The van der Waals surface area contributed by atoms with Crippen LogP contribution in [0.2, 0.25) is 0 Å². The lowest BCUT2D eigenvalue weighted by Gasteiger charge is -2.28. The molecule has 0 amide bonds. The van der Waals surface area contributed by atoms with Crippen molar-refractivity contribution < 1.29 is 4.74 Å². The first-order valence-electron chi connectivity index (χ1n) is 13.2. The third kappa shape index (κ3) is 4.74. The lowest BCUT2D eigenvalue weighted by molar-refractivity contribution is 0.210. The summed E-state index contributed by atoms with van der Waals surface area (Å²) in [6, 6.07) is 25.0. The number of halogens is 1. The zero-order chi connectivity index (χ0) is 26.2. The van der Waals surface area contributed by atoms with Crippen LogP contribution in [0, 0.1) is 13.8 Å². The molecule has 2 atom stereocenters. The summed E-state index contributed by atoms with van der Waals surface area (Å²) in [4.78, 5) is 6.95. The largest absolute Gasteiger partial charge is 0.490 e. The number of aromatic nitrogens is 2. The molecule has 1 saturated heterocycles. The van der Waals surface area contributed by atoms with Gasteiger partial charge in [-0.1, -0.05) is 28.1 Å². The van der Waals surface area contributed by atoms with E-state index in [9.17, 15) is 0 Å². The zero-order valence-electron chi connectivity index (χ0n) is 21.6. The van der Waals surface area contributed by atoms with E-state index in [1.54, 1.807) is 0 Å². The van der Waals surface area contributed by atoms with Crippen LogP contribution < -0.4 is 15.0 Å². The van der Waals surface area contributed by atoms with Crippen LogP contribution in [0.1, 0.15) is 60.4 Å². The van der Waals surface area contributed by atoms with Gasteiger partial charge in [-0.2, -0.15) is 0 Å². The van der Waals surface area contributed by atoms with Crippen LogP contribution in [0.3, 0.4) is 0 Å². The van der Waals surface area contributed by atoms with Crippen molar-refractivity contribution in [2.75, 3.05) is 4.90 Å². The summed E-state index contributed by atoms with van der Waals surface area (Å²) in [6.07, 6.45) is 6.98. The highest BCUT2D eigenvalue weighted by atomic mass is 79.9. The number of rotatable bonds is 6.